The van der Waals surface area contributed by atoms with Crippen LogP contribution in [-0.2, 0) is 28.8 Å². The number of hydrogen-bond donors (Lipinski definition) is 0. The van der Waals surface area contributed by atoms with Gasteiger partial charge in [0, 0.05) is 20.3 Å². The second-order valence-electron chi connectivity index (χ2n) is 4.85. The van der Waals surface area contributed by atoms with E-state index in [-0.39, 0.29) is 13.0 Å². The summed E-state index contributed by atoms with van der Waals surface area (Å²) in [5, 5.41) is 3.47. The van der Waals surface area contributed by atoms with Gasteiger partial charge in [-0.2, -0.15) is 0 Å². The van der Waals surface area contributed by atoms with Crippen molar-refractivity contribution in [2.24, 2.45) is 5.16 Å². The van der Waals surface area contributed by atoms with Crippen LogP contribution in [0, 0.1) is 0 Å². The molecule has 0 fully saturated rings. The Morgan fingerprint density at radius 1 is 1.00 bits per heavy atom. The number of unbranched alkanes of at least 4 members (excludes halogenated alkanes) is 1. The second kappa shape index (κ2) is 9.07. The van der Waals surface area contributed by atoms with Gasteiger partial charge < -0.3 is 9.57 Å². The molecule has 0 aromatic rings. The van der Waals surface area contributed by atoms with Gasteiger partial charge in [-0.15, -0.1) is 0 Å². The van der Waals surface area contributed by atoms with Gasteiger partial charge in [-0.1, -0.05) is 18.5 Å². The molecule has 0 bridgehead atoms. The van der Waals surface area contributed by atoms with Gasteiger partial charge in [-0.3, -0.25) is 14.4 Å². The summed E-state index contributed by atoms with van der Waals surface area (Å²) in [6, 6.07) is 0. The maximum atomic E-state index is 12.2. The van der Waals surface area contributed by atoms with E-state index in [0.29, 0.717) is 12.8 Å². The van der Waals surface area contributed by atoms with E-state index in [1.165, 1.54) is 6.92 Å². The molecule has 0 aliphatic rings. The van der Waals surface area contributed by atoms with E-state index in [1.54, 1.807) is 6.92 Å². The third kappa shape index (κ3) is 5.05. The van der Waals surface area contributed by atoms with Crippen molar-refractivity contribution in [3.05, 3.63) is 0 Å². The summed E-state index contributed by atoms with van der Waals surface area (Å²) in [6.45, 7) is 7.03. The predicted molar refractivity (Wildman–Crippen MR) is 79.5 cm³/mol. The topological polar surface area (TPSA) is 99.1 Å². The summed E-state index contributed by atoms with van der Waals surface area (Å²) in [6.07, 6.45) is 1.29. The zero-order valence-corrected chi connectivity index (χ0v) is 13.7. The van der Waals surface area contributed by atoms with Crippen LogP contribution in [0.25, 0.3) is 0 Å². The van der Waals surface area contributed by atoms with Gasteiger partial charge in [0.05, 0.1) is 6.61 Å². The monoisotopic (exact) mass is 313 g/mol. The summed E-state index contributed by atoms with van der Waals surface area (Å²) in [5.41, 5.74) is -2.38. The molecule has 0 amide bonds. The Kier molecular flexibility index (Phi) is 8.22. The molecule has 7 heteroatoms. The zero-order chi connectivity index (χ0) is 17.3. The molecule has 0 spiro atoms. The number of nitrogens with zero attached hydrogens (tertiary/aromatic N) is 1. The van der Waals surface area contributed by atoms with Crippen LogP contribution >= 0.6 is 0 Å². The number of ketones is 3. The molecule has 1 atom stereocenters. The molecule has 0 aliphatic heterocycles. The van der Waals surface area contributed by atoms with Crippen molar-refractivity contribution in [3.63, 3.8) is 0 Å². The fraction of sp³-hybridized carbons (Fsp3) is 0.667. The lowest BCUT2D eigenvalue weighted by atomic mass is 9.92. The van der Waals surface area contributed by atoms with Gasteiger partial charge in [-0.25, -0.2) is 4.79 Å². The molecular weight excluding hydrogens is 290 g/mol. The first kappa shape index (κ1) is 19.9. The lowest BCUT2D eigenvalue weighted by Gasteiger charge is -2.26. The molecule has 124 valence electrons. The highest BCUT2D eigenvalue weighted by atomic mass is 16.7. The fourth-order valence-electron chi connectivity index (χ4n) is 1.74. The van der Waals surface area contributed by atoms with Crippen molar-refractivity contribution in [1.82, 2.24) is 0 Å². The number of hydrogen-bond acceptors (Lipinski definition) is 7. The molecule has 0 saturated carbocycles. The van der Waals surface area contributed by atoms with E-state index in [0.717, 1.165) is 13.8 Å². The zero-order valence-electron chi connectivity index (χ0n) is 13.7. The molecule has 0 aliphatic carbocycles. The van der Waals surface area contributed by atoms with Crippen LogP contribution in [0.15, 0.2) is 5.16 Å². The first-order chi connectivity index (χ1) is 10.2. The Morgan fingerprint density at radius 2 is 1.55 bits per heavy atom. The smallest absolute Gasteiger partial charge is 0.361 e. The van der Waals surface area contributed by atoms with Gasteiger partial charge in [0.2, 0.25) is 0 Å². The Bertz CT molecular complexity index is 466. The van der Waals surface area contributed by atoms with Gasteiger partial charge in [-0.05, 0) is 20.3 Å². The molecule has 7 nitrogen and oxygen atoms in total. The molecule has 0 radical (unpaired) electrons. The minimum Gasteiger partial charge on any atom is -0.463 e. The van der Waals surface area contributed by atoms with Crippen LogP contribution in [0.3, 0.4) is 0 Å². The average molecular weight is 313 g/mol. The van der Waals surface area contributed by atoms with Crippen molar-refractivity contribution < 1.29 is 28.8 Å². The van der Waals surface area contributed by atoms with Gasteiger partial charge in [0.25, 0.3) is 5.60 Å². The standard InChI is InChI=1S/C15H23NO6/c1-6-8-9-15(12(5)19,14(20)21-7-2)22-16-13(10(3)17)11(4)18/h6-9H2,1-5H3. The minimum atomic E-state index is -1.93. The number of oxime groups is 1. The van der Waals surface area contributed by atoms with Crippen molar-refractivity contribution in [3.8, 4) is 0 Å². The van der Waals surface area contributed by atoms with Gasteiger partial charge >= 0.3 is 5.97 Å². The average Bonchev–Trinajstić information content (AvgIpc) is 2.41. The lowest BCUT2D eigenvalue weighted by molar-refractivity contribution is -0.178. The van der Waals surface area contributed by atoms with E-state index in [4.69, 9.17) is 9.57 Å². The summed E-state index contributed by atoms with van der Waals surface area (Å²) >= 11 is 0. The highest BCUT2D eigenvalue weighted by Crippen LogP contribution is 2.24. The normalized spacial score (nSPS) is 12.8. The second-order valence-corrected chi connectivity index (χ2v) is 4.85. The third-order valence-electron chi connectivity index (χ3n) is 3.02. The molecule has 0 heterocycles. The first-order valence-corrected chi connectivity index (χ1v) is 7.19. The number of carbonyl (C=O) groups is 4. The highest BCUT2D eigenvalue weighted by Gasteiger charge is 2.48. The molecule has 22 heavy (non-hydrogen) atoms. The molecule has 0 aromatic carbocycles. The Labute approximate surface area is 130 Å². The molecule has 0 saturated heterocycles. The number of rotatable bonds is 10. The lowest BCUT2D eigenvalue weighted by Crippen LogP contribution is -2.48. The minimum absolute atomic E-state index is 0.0598. The van der Waals surface area contributed by atoms with E-state index >= 15 is 0 Å². The van der Waals surface area contributed by atoms with Crippen molar-refractivity contribution >= 4 is 29.0 Å². The summed E-state index contributed by atoms with van der Waals surface area (Å²) in [5.74, 6) is -2.67. The quantitative estimate of drug-likeness (QED) is 0.263. The maximum absolute atomic E-state index is 12.2. The SMILES string of the molecule is CCCCC(ON=C(C(C)=O)C(C)=O)(C(C)=O)C(=O)OCC. The van der Waals surface area contributed by atoms with Crippen molar-refractivity contribution in [1.29, 1.82) is 0 Å². The summed E-state index contributed by atoms with van der Waals surface area (Å²) in [4.78, 5) is 51.9. The van der Waals surface area contributed by atoms with E-state index < -0.39 is 34.6 Å². The van der Waals surface area contributed by atoms with Gasteiger partial charge in [0.15, 0.2) is 23.1 Å². The van der Waals surface area contributed by atoms with Crippen LogP contribution < -0.4 is 0 Å². The van der Waals surface area contributed by atoms with Crippen LogP contribution in [-0.4, -0.2) is 41.2 Å². The van der Waals surface area contributed by atoms with E-state index in [9.17, 15) is 19.2 Å². The molecule has 0 N–H and O–H groups in total. The summed E-state index contributed by atoms with van der Waals surface area (Å²) in [7, 11) is 0. The van der Waals surface area contributed by atoms with Crippen LogP contribution in [0.4, 0.5) is 0 Å². The molecule has 1 unspecified atom stereocenters. The van der Waals surface area contributed by atoms with E-state index in [2.05, 4.69) is 5.16 Å². The Morgan fingerprint density at radius 3 is 1.91 bits per heavy atom. The van der Waals surface area contributed by atoms with Crippen LogP contribution in [0.5, 0.6) is 0 Å². The maximum Gasteiger partial charge on any atom is 0.361 e. The van der Waals surface area contributed by atoms with Crippen molar-refractivity contribution in [2.45, 2.75) is 59.5 Å². The molecule has 0 aromatic heterocycles. The van der Waals surface area contributed by atoms with E-state index in [1.807, 2.05) is 6.92 Å². The molecular formula is C15H23NO6. The number of esters is 1. The number of ether oxygens (including phenoxy) is 1. The number of carbonyl (C=O) groups excluding carboxylic acids is 4. The van der Waals surface area contributed by atoms with Gasteiger partial charge in [0.1, 0.15) is 0 Å². The molecule has 0 rings (SSSR count). The predicted octanol–water partition coefficient (Wildman–Crippen LogP) is 1.62. The van der Waals surface area contributed by atoms with Crippen LogP contribution in [0.1, 0.15) is 53.9 Å². The summed E-state index contributed by atoms with van der Waals surface area (Å²) < 4.78 is 4.90. The van der Waals surface area contributed by atoms with Crippen LogP contribution in [0.2, 0.25) is 0 Å². The third-order valence-corrected chi connectivity index (χ3v) is 3.02. The van der Waals surface area contributed by atoms with Crippen molar-refractivity contribution in [2.75, 3.05) is 6.61 Å². The Balaban J connectivity index is 5.68. The Hall–Kier alpha value is -2.05. The highest BCUT2D eigenvalue weighted by molar-refractivity contribution is 6.65. The largest absolute Gasteiger partial charge is 0.463 e. The first-order valence-electron chi connectivity index (χ1n) is 7.19. The number of Topliss-reactive ketones (excluding diaryl/α,β-unsaturated/α-hetero) is 3. The fourth-order valence-corrected chi connectivity index (χ4v) is 1.74.